The first-order valence-corrected chi connectivity index (χ1v) is 7.87. The van der Waals surface area contributed by atoms with E-state index < -0.39 is 0 Å². The number of aromatic nitrogens is 2. The van der Waals surface area contributed by atoms with Gasteiger partial charge in [0, 0.05) is 17.7 Å². The number of hydrazine groups is 1. The Hall–Kier alpha value is -1.34. The van der Waals surface area contributed by atoms with Crippen LogP contribution in [0.5, 0.6) is 0 Å². The first-order valence-electron chi connectivity index (χ1n) is 6.71. The number of hydrogen-bond acceptors (Lipinski definition) is 6. The van der Waals surface area contributed by atoms with Crippen molar-refractivity contribution in [3.05, 3.63) is 17.7 Å². The number of nitrogen functional groups attached to an aromatic ring is 1. The number of thioether (sulfide) groups is 1. The summed E-state index contributed by atoms with van der Waals surface area (Å²) in [6.07, 6.45) is 1.54. The molecule has 0 fully saturated rings. The van der Waals surface area contributed by atoms with Gasteiger partial charge in [0.1, 0.15) is 5.82 Å². The van der Waals surface area contributed by atoms with Crippen molar-refractivity contribution < 1.29 is 4.79 Å². The molecule has 1 amide bonds. The second-order valence-electron chi connectivity index (χ2n) is 4.82. The van der Waals surface area contributed by atoms with E-state index in [-0.39, 0.29) is 17.9 Å². The van der Waals surface area contributed by atoms with Crippen LogP contribution in [0.25, 0.3) is 0 Å². The van der Waals surface area contributed by atoms with Crippen molar-refractivity contribution in [1.29, 1.82) is 0 Å². The summed E-state index contributed by atoms with van der Waals surface area (Å²) >= 11 is 1.78. The number of nitrogens with one attached hydrogen (secondary N) is 2. The molecular formula is C13H23N5OS. The number of carbonyl (C=O) groups is 1. The minimum atomic E-state index is -0.230. The highest BCUT2D eigenvalue weighted by Crippen LogP contribution is 2.15. The second-order valence-corrected chi connectivity index (χ2v) is 6.14. The van der Waals surface area contributed by atoms with E-state index in [1.165, 1.54) is 0 Å². The summed E-state index contributed by atoms with van der Waals surface area (Å²) in [6, 6.07) is 0.0792. The molecule has 1 aromatic rings. The summed E-state index contributed by atoms with van der Waals surface area (Å²) in [7, 11) is 0. The Morgan fingerprint density at radius 1 is 1.45 bits per heavy atom. The van der Waals surface area contributed by atoms with Crippen LogP contribution in [-0.4, -0.2) is 33.4 Å². The average molecular weight is 297 g/mol. The molecule has 1 aromatic heterocycles. The Kier molecular flexibility index (Phi) is 6.74. The van der Waals surface area contributed by atoms with E-state index in [1.807, 2.05) is 20.8 Å². The lowest BCUT2D eigenvalue weighted by Gasteiger charge is -2.15. The van der Waals surface area contributed by atoms with Gasteiger partial charge < -0.3 is 10.7 Å². The molecule has 0 aliphatic heterocycles. The van der Waals surface area contributed by atoms with Crippen LogP contribution < -0.4 is 16.6 Å². The van der Waals surface area contributed by atoms with E-state index in [2.05, 4.69) is 27.6 Å². The molecule has 0 saturated carbocycles. The summed E-state index contributed by atoms with van der Waals surface area (Å²) < 4.78 is 0. The predicted molar refractivity (Wildman–Crippen MR) is 83.9 cm³/mol. The Morgan fingerprint density at radius 2 is 2.15 bits per heavy atom. The van der Waals surface area contributed by atoms with Gasteiger partial charge in [0.15, 0.2) is 5.69 Å². The lowest BCUT2D eigenvalue weighted by molar-refractivity contribution is 0.0939. The highest BCUT2D eigenvalue weighted by atomic mass is 32.2. The molecule has 0 aliphatic rings. The van der Waals surface area contributed by atoms with Crippen molar-refractivity contribution in [2.24, 2.45) is 5.84 Å². The highest BCUT2D eigenvalue weighted by molar-refractivity contribution is 7.99. The first kappa shape index (κ1) is 16.7. The van der Waals surface area contributed by atoms with Gasteiger partial charge in [-0.15, -0.1) is 0 Å². The van der Waals surface area contributed by atoms with Gasteiger partial charge in [-0.25, -0.2) is 9.97 Å². The summed E-state index contributed by atoms with van der Waals surface area (Å²) in [4.78, 5) is 20.8. The molecule has 4 N–H and O–H groups in total. The number of anilines is 1. The zero-order valence-corrected chi connectivity index (χ0v) is 13.3. The first-order chi connectivity index (χ1) is 9.49. The van der Waals surface area contributed by atoms with Gasteiger partial charge >= 0.3 is 0 Å². The highest BCUT2D eigenvalue weighted by Gasteiger charge is 2.17. The van der Waals surface area contributed by atoms with E-state index in [0.29, 0.717) is 17.2 Å². The van der Waals surface area contributed by atoms with Crippen LogP contribution in [0.3, 0.4) is 0 Å². The zero-order valence-electron chi connectivity index (χ0n) is 12.4. The minimum absolute atomic E-state index is 0.0792. The zero-order chi connectivity index (χ0) is 15.1. The molecule has 1 rings (SSSR count). The molecule has 20 heavy (non-hydrogen) atoms. The quantitative estimate of drug-likeness (QED) is 0.524. The number of amides is 1. The van der Waals surface area contributed by atoms with Gasteiger partial charge in [-0.1, -0.05) is 20.8 Å². The third-order valence-electron chi connectivity index (χ3n) is 2.64. The van der Waals surface area contributed by atoms with Crippen LogP contribution in [0.2, 0.25) is 0 Å². The van der Waals surface area contributed by atoms with Gasteiger partial charge in [-0.3, -0.25) is 10.6 Å². The SMILES string of the molecule is CCSCC(C)NC(=O)c1nc(C(C)C)ncc1NN. The number of hydrogen-bond donors (Lipinski definition) is 3. The maximum Gasteiger partial charge on any atom is 0.272 e. The van der Waals surface area contributed by atoms with Crippen molar-refractivity contribution in [2.75, 3.05) is 16.9 Å². The van der Waals surface area contributed by atoms with Crippen molar-refractivity contribution in [1.82, 2.24) is 15.3 Å². The van der Waals surface area contributed by atoms with E-state index in [4.69, 9.17) is 5.84 Å². The average Bonchev–Trinajstić information content (AvgIpc) is 2.44. The molecule has 7 heteroatoms. The van der Waals surface area contributed by atoms with Gasteiger partial charge in [0.05, 0.1) is 11.9 Å². The molecule has 0 aromatic carbocycles. The standard InChI is InChI=1S/C13H23N5OS/c1-5-20-7-9(4)16-13(19)11-10(18-14)6-15-12(17-11)8(2)3/h6,8-9,18H,5,7,14H2,1-4H3,(H,16,19). The summed E-state index contributed by atoms with van der Waals surface area (Å²) in [6.45, 7) is 8.02. The maximum atomic E-state index is 12.3. The van der Waals surface area contributed by atoms with Crippen LogP contribution >= 0.6 is 11.8 Å². The molecular weight excluding hydrogens is 274 g/mol. The lowest BCUT2D eigenvalue weighted by atomic mass is 10.2. The number of carbonyl (C=O) groups excluding carboxylic acids is 1. The fourth-order valence-corrected chi connectivity index (χ4v) is 2.25. The number of nitrogens with zero attached hydrogens (tertiary/aromatic N) is 2. The third kappa shape index (κ3) is 4.64. The van der Waals surface area contributed by atoms with Gasteiger partial charge in [-0.05, 0) is 12.7 Å². The van der Waals surface area contributed by atoms with E-state index in [1.54, 1.807) is 18.0 Å². The van der Waals surface area contributed by atoms with Crippen molar-refractivity contribution in [2.45, 2.75) is 39.7 Å². The minimum Gasteiger partial charge on any atom is -0.347 e. The van der Waals surface area contributed by atoms with Crippen molar-refractivity contribution in [3.8, 4) is 0 Å². The van der Waals surface area contributed by atoms with Gasteiger partial charge in [0.25, 0.3) is 5.91 Å². The van der Waals surface area contributed by atoms with Crippen LogP contribution in [0.1, 0.15) is 49.9 Å². The van der Waals surface area contributed by atoms with Gasteiger partial charge in [0.2, 0.25) is 0 Å². The fraction of sp³-hybridized carbons (Fsp3) is 0.615. The monoisotopic (exact) mass is 297 g/mol. The van der Waals surface area contributed by atoms with E-state index in [9.17, 15) is 4.79 Å². The normalized spacial score (nSPS) is 12.3. The van der Waals surface area contributed by atoms with Gasteiger partial charge in [-0.2, -0.15) is 11.8 Å². The molecule has 0 radical (unpaired) electrons. The van der Waals surface area contributed by atoms with Crippen LogP contribution in [0, 0.1) is 0 Å². The van der Waals surface area contributed by atoms with Crippen LogP contribution in [0.4, 0.5) is 5.69 Å². The number of rotatable bonds is 7. The van der Waals surface area contributed by atoms with E-state index >= 15 is 0 Å². The molecule has 0 bridgehead atoms. The number of nitrogens with two attached hydrogens (primary N) is 1. The second kappa shape index (κ2) is 8.06. The van der Waals surface area contributed by atoms with Crippen LogP contribution in [-0.2, 0) is 0 Å². The molecule has 0 aliphatic carbocycles. The Labute approximate surface area is 124 Å². The lowest BCUT2D eigenvalue weighted by Crippen LogP contribution is -2.35. The molecule has 1 heterocycles. The molecule has 0 saturated heterocycles. The molecule has 112 valence electrons. The molecule has 6 nitrogen and oxygen atoms in total. The van der Waals surface area contributed by atoms with Crippen LogP contribution in [0.15, 0.2) is 6.20 Å². The topological polar surface area (TPSA) is 92.9 Å². The summed E-state index contributed by atoms with van der Waals surface area (Å²) in [5, 5.41) is 2.93. The predicted octanol–water partition coefficient (Wildman–Crippen LogP) is 1.76. The maximum absolute atomic E-state index is 12.3. The Balaban J connectivity index is 2.87. The summed E-state index contributed by atoms with van der Waals surface area (Å²) in [5.41, 5.74) is 3.19. The smallest absolute Gasteiger partial charge is 0.272 e. The molecule has 0 spiro atoms. The summed E-state index contributed by atoms with van der Waals surface area (Å²) in [5.74, 6) is 7.86. The Morgan fingerprint density at radius 3 is 2.70 bits per heavy atom. The third-order valence-corrected chi connectivity index (χ3v) is 3.79. The molecule has 1 unspecified atom stereocenters. The van der Waals surface area contributed by atoms with Crippen molar-refractivity contribution >= 4 is 23.4 Å². The Bertz CT molecular complexity index is 452. The van der Waals surface area contributed by atoms with Crippen molar-refractivity contribution in [3.63, 3.8) is 0 Å². The van der Waals surface area contributed by atoms with E-state index in [0.717, 1.165) is 11.5 Å². The fourth-order valence-electron chi connectivity index (χ4n) is 1.58. The molecule has 1 atom stereocenters. The largest absolute Gasteiger partial charge is 0.347 e.